The van der Waals surface area contributed by atoms with Crippen molar-refractivity contribution in [3.63, 3.8) is 0 Å². The van der Waals surface area contributed by atoms with Gasteiger partial charge in [-0.25, -0.2) is 0 Å². The van der Waals surface area contributed by atoms with Gasteiger partial charge < -0.3 is 25.3 Å². The summed E-state index contributed by atoms with van der Waals surface area (Å²) in [4.78, 5) is 42.3. The maximum absolute atomic E-state index is 12.8. The van der Waals surface area contributed by atoms with E-state index in [0.717, 1.165) is 11.3 Å². The molecule has 29 heavy (non-hydrogen) atoms. The predicted octanol–water partition coefficient (Wildman–Crippen LogP) is 1.27. The number of anilines is 1. The van der Waals surface area contributed by atoms with Crippen molar-refractivity contribution < 1.29 is 19.1 Å². The fraction of sp³-hybridized carbons (Fsp3) is 0.286. The average Bonchev–Trinajstić information content (AvgIpc) is 3.30. The summed E-state index contributed by atoms with van der Waals surface area (Å²) >= 11 is 0. The third-order valence-electron chi connectivity index (χ3n) is 5.56. The smallest absolute Gasteiger partial charge is 0.256 e. The minimum atomic E-state index is -0.223. The van der Waals surface area contributed by atoms with Gasteiger partial charge in [0.1, 0.15) is 0 Å². The molecule has 8 nitrogen and oxygen atoms in total. The van der Waals surface area contributed by atoms with Crippen molar-refractivity contribution in [1.29, 1.82) is 0 Å². The molecule has 4 heterocycles. The average molecular weight is 392 g/mol. The molecule has 0 spiro atoms. The van der Waals surface area contributed by atoms with Gasteiger partial charge in [0.2, 0.25) is 0 Å². The Bertz CT molecular complexity index is 1060. The summed E-state index contributed by atoms with van der Waals surface area (Å²) < 4.78 is 5.31. The Morgan fingerprint density at radius 1 is 1.10 bits per heavy atom. The van der Waals surface area contributed by atoms with E-state index < -0.39 is 0 Å². The predicted molar refractivity (Wildman–Crippen MR) is 106 cm³/mol. The summed E-state index contributed by atoms with van der Waals surface area (Å²) in [5, 5.41) is 5.66. The number of aromatic amines is 1. The zero-order valence-electron chi connectivity index (χ0n) is 15.7. The third-order valence-corrected chi connectivity index (χ3v) is 5.56. The lowest BCUT2D eigenvalue weighted by Crippen LogP contribution is -2.40. The lowest BCUT2D eigenvalue weighted by atomic mass is 9.99. The monoisotopic (exact) mass is 392 g/mol. The highest BCUT2D eigenvalue weighted by Crippen LogP contribution is 2.35. The van der Waals surface area contributed by atoms with Crippen molar-refractivity contribution in [2.45, 2.75) is 6.42 Å². The quantitative estimate of drug-likeness (QED) is 0.670. The summed E-state index contributed by atoms with van der Waals surface area (Å²) in [5.74, 6) is -0.398. The second-order valence-electron chi connectivity index (χ2n) is 7.28. The lowest BCUT2D eigenvalue weighted by molar-refractivity contribution is -0.110. The Morgan fingerprint density at radius 2 is 1.93 bits per heavy atom. The maximum Gasteiger partial charge on any atom is 0.256 e. The first-order chi connectivity index (χ1) is 14.1. The molecule has 8 heteroatoms. The maximum atomic E-state index is 12.8. The van der Waals surface area contributed by atoms with Crippen LogP contribution in [0.5, 0.6) is 0 Å². The van der Waals surface area contributed by atoms with Crippen molar-refractivity contribution in [1.82, 2.24) is 15.2 Å². The van der Waals surface area contributed by atoms with Crippen molar-refractivity contribution in [2.24, 2.45) is 0 Å². The highest BCUT2D eigenvalue weighted by Gasteiger charge is 2.28. The molecule has 5 rings (SSSR count). The molecule has 1 aromatic carbocycles. The molecule has 0 radical (unpaired) electrons. The SMILES string of the molecule is O=C1Nc2ccc(C(=O)N3CCOCC3)cc2C1=Cc1[nH]cc2c1CCNC2=O. The Morgan fingerprint density at radius 3 is 2.76 bits per heavy atom. The number of carbonyl (C=O) groups is 3. The van der Waals surface area contributed by atoms with Crippen molar-refractivity contribution in [3.05, 3.63) is 52.3 Å². The van der Waals surface area contributed by atoms with Gasteiger partial charge in [-0.15, -0.1) is 0 Å². The van der Waals surface area contributed by atoms with Crippen molar-refractivity contribution in [3.8, 4) is 0 Å². The summed E-state index contributed by atoms with van der Waals surface area (Å²) in [7, 11) is 0. The Hall–Kier alpha value is -3.39. The van der Waals surface area contributed by atoms with E-state index in [-0.39, 0.29) is 17.7 Å². The van der Waals surface area contributed by atoms with Crippen LogP contribution in [0, 0.1) is 0 Å². The lowest BCUT2D eigenvalue weighted by Gasteiger charge is -2.27. The summed E-state index contributed by atoms with van der Waals surface area (Å²) in [6.07, 6.45) is 4.14. The molecule has 1 aromatic heterocycles. The van der Waals surface area contributed by atoms with Gasteiger partial charge >= 0.3 is 0 Å². The fourth-order valence-electron chi connectivity index (χ4n) is 4.02. The second kappa shape index (κ2) is 6.89. The Balaban J connectivity index is 1.51. The number of rotatable bonds is 2. The number of morpholine rings is 1. The van der Waals surface area contributed by atoms with Gasteiger partial charge in [0.15, 0.2) is 0 Å². The molecule has 148 valence electrons. The first-order valence-electron chi connectivity index (χ1n) is 9.65. The van der Waals surface area contributed by atoms with E-state index in [4.69, 9.17) is 4.74 Å². The van der Waals surface area contributed by atoms with Crippen LogP contribution >= 0.6 is 0 Å². The van der Waals surface area contributed by atoms with E-state index >= 15 is 0 Å². The van der Waals surface area contributed by atoms with Crippen molar-refractivity contribution >= 4 is 35.1 Å². The minimum Gasteiger partial charge on any atom is -0.378 e. The second-order valence-corrected chi connectivity index (χ2v) is 7.28. The Kier molecular flexibility index (Phi) is 4.21. The van der Waals surface area contributed by atoms with Crippen LogP contribution in [-0.4, -0.2) is 60.5 Å². The number of nitrogens with one attached hydrogen (secondary N) is 3. The number of fused-ring (bicyclic) bond motifs is 2. The molecule has 0 unspecified atom stereocenters. The molecule has 0 aliphatic carbocycles. The molecule has 0 atom stereocenters. The molecule has 1 fully saturated rings. The molecule has 0 saturated carbocycles. The van der Waals surface area contributed by atoms with E-state index in [1.165, 1.54) is 0 Å². The first kappa shape index (κ1) is 17.7. The van der Waals surface area contributed by atoms with E-state index in [1.54, 1.807) is 35.4 Å². The summed E-state index contributed by atoms with van der Waals surface area (Å²) in [6.45, 7) is 2.76. The van der Waals surface area contributed by atoms with Gasteiger partial charge in [0.25, 0.3) is 17.7 Å². The van der Waals surface area contributed by atoms with Gasteiger partial charge in [0, 0.05) is 48.3 Å². The number of benzene rings is 1. The number of aromatic nitrogens is 1. The number of H-pyrrole nitrogens is 1. The van der Waals surface area contributed by atoms with Crippen LogP contribution in [0.4, 0.5) is 5.69 Å². The van der Waals surface area contributed by atoms with Gasteiger partial charge in [-0.1, -0.05) is 0 Å². The number of amides is 3. The normalized spacial score (nSPS) is 19.6. The number of hydrogen-bond acceptors (Lipinski definition) is 4. The first-order valence-corrected chi connectivity index (χ1v) is 9.65. The van der Waals surface area contributed by atoms with Crippen LogP contribution in [-0.2, 0) is 16.0 Å². The van der Waals surface area contributed by atoms with Crippen LogP contribution < -0.4 is 10.6 Å². The molecule has 1 saturated heterocycles. The Labute approximate surface area is 166 Å². The van der Waals surface area contributed by atoms with Crippen LogP contribution in [0.1, 0.15) is 37.5 Å². The molecule has 3 amide bonds. The molecule has 0 bridgehead atoms. The molecule has 2 aromatic rings. The van der Waals surface area contributed by atoms with Crippen LogP contribution in [0.3, 0.4) is 0 Å². The molecule has 3 aliphatic rings. The molecular weight excluding hydrogens is 372 g/mol. The molecule has 3 N–H and O–H groups in total. The highest BCUT2D eigenvalue weighted by molar-refractivity contribution is 6.35. The highest BCUT2D eigenvalue weighted by atomic mass is 16.5. The van der Waals surface area contributed by atoms with Crippen molar-refractivity contribution in [2.75, 3.05) is 38.2 Å². The number of hydrogen-bond donors (Lipinski definition) is 3. The number of carbonyl (C=O) groups excluding carboxylic acids is 3. The minimum absolute atomic E-state index is 0.0660. The van der Waals surface area contributed by atoms with E-state index in [2.05, 4.69) is 15.6 Å². The number of nitrogens with zero attached hydrogens (tertiary/aromatic N) is 1. The summed E-state index contributed by atoms with van der Waals surface area (Å²) in [6, 6.07) is 5.26. The largest absolute Gasteiger partial charge is 0.378 e. The van der Waals surface area contributed by atoms with E-state index in [9.17, 15) is 14.4 Å². The van der Waals surface area contributed by atoms with Crippen LogP contribution in [0.15, 0.2) is 24.4 Å². The number of ether oxygens (including phenoxy) is 1. The topological polar surface area (TPSA) is 104 Å². The summed E-state index contributed by atoms with van der Waals surface area (Å²) in [5.41, 5.74) is 4.66. The van der Waals surface area contributed by atoms with Gasteiger partial charge in [-0.3, -0.25) is 14.4 Å². The van der Waals surface area contributed by atoms with Crippen LogP contribution in [0.2, 0.25) is 0 Å². The van der Waals surface area contributed by atoms with Crippen LogP contribution in [0.25, 0.3) is 11.6 Å². The van der Waals surface area contributed by atoms with E-state index in [0.29, 0.717) is 67.2 Å². The van der Waals surface area contributed by atoms with Gasteiger partial charge in [-0.2, -0.15) is 0 Å². The zero-order chi connectivity index (χ0) is 20.0. The standard InChI is InChI=1S/C21H20N4O4/c26-19-16-11-23-18(13(16)3-4-22-19)10-15-14-9-12(1-2-17(14)24-20(15)27)21(28)25-5-7-29-8-6-25/h1-2,9-11,23H,3-8H2,(H,22,26)(H,24,27). The van der Waals surface area contributed by atoms with Gasteiger partial charge in [0.05, 0.1) is 24.4 Å². The fourth-order valence-corrected chi connectivity index (χ4v) is 4.02. The third kappa shape index (κ3) is 3.01. The van der Waals surface area contributed by atoms with Gasteiger partial charge in [-0.05, 0) is 36.3 Å². The van der Waals surface area contributed by atoms with E-state index in [1.807, 2.05) is 0 Å². The molecule has 3 aliphatic heterocycles. The molecular formula is C21H20N4O4. The zero-order valence-corrected chi connectivity index (χ0v) is 15.7.